The van der Waals surface area contributed by atoms with E-state index in [1.165, 1.54) is 0 Å². The molecular formula is C14H14ClNO. The largest absolute Gasteiger partial charge is 0.473 e. The first-order chi connectivity index (χ1) is 8.31. The van der Waals surface area contributed by atoms with Crippen LogP contribution in [0, 0.1) is 0 Å². The third-order valence-corrected chi connectivity index (χ3v) is 2.68. The summed E-state index contributed by atoms with van der Waals surface area (Å²) >= 11 is 5.91. The van der Waals surface area contributed by atoms with E-state index < -0.39 is 5.56 Å². The fourth-order valence-corrected chi connectivity index (χ4v) is 1.71. The number of hydrogen-bond acceptors (Lipinski definition) is 2. The molecule has 0 fully saturated rings. The second-order valence-electron chi connectivity index (χ2n) is 3.63. The predicted molar refractivity (Wildman–Crippen MR) is 71.2 cm³/mol. The van der Waals surface area contributed by atoms with Crippen molar-refractivity contribution >= 4 is 11.6 Å². The number of ether oxygens (including phenoxy) is 1. The van der Waals surface area contributed by atoms with Gasteiger partial charge in [-0.05, 0) is 11.6 Å². The summed E-state index contributed by atoms with van der Waals surface area (Å²) in [5, 5.41) is 0. The lowest BCUT2D eigenvalue weighted by molar-refractivity contribution is 0.290. The van der Waals surface area contributed by atoms with Crippen molar-refractivity contribution in [2.45, 2.75) is 5.56 Å². The molecule has 0 aliphatic rings. The van der Waals surface area contributed by atoms with Crippen molar-refractivity contribution in [2.24, 2.45) is 5.73 Å². The van der Waals surface area contributed by atoms with Crippen molar-refractivity contribution in [3.8, 4) is 16.9 Å². The van der Waals surface area contributed by atoms with Gasteiger partial charge in [-0.3, -0.25) is 0 Å². The highest BCUT2D eigenvalue weighted by atomic mass is 35.5. The molecule has 0 saturated carbocycles. The Kier molecular flexibility index (Phi) is 4.02. The molecular weight excluding hydrogens is 234 g/mol. The maximum atomic E-state index is 5.91. The third-order valence-electron chi connectivity index (χ3n) is 2.41. The first-order valence-electron chi connectivity index (χ1n) is 5.46. The van der Waals surface area contributed by atoms with Crippen molar-refractivity contribution in [2.75, 3.05) is 6.54 Å². The minimum atomic E-state index is -0.500. The quantitative estimate of drug-likeness (QED) is 0.842. The van der Waals surface area contributed by atoms with E-state index in [2.05, 4.69) is 0 Å². The fourth-order valence-electron chi connectivity index (χ4n) is 1.61. The normalized spacial score (nSPS) is 12.1. The highest BCUT2D eigenvalue weighted by Gasteiger charge is 2.09. The lowest BCUT2D eigenvalue weighted by atomic mass is 10.1. The van der Waals surface area contributed by atoms with Gasteiger partial charge in [0, 0.05) is 12.1 Å². The van der Waals surface area contributed by atoms with Crippen molar-refractivity contribution in [3.63, 3.8) is 0 Å². The summed E-state index contributed by atoms with van der Waals surface area (Å²) in [7, 11) is 0. The van der Waals surface area contributed by atoms with Gasteiger partial charge in [0.2, 0.25) is 0 Å². The summed E-state index contributed by atoms with van der Waals surface area (Å²) < 4.78 is 5.59. The summed E-state index contributed by atoms with van der Waals surface area (Å²) in [4.78, 5) is 0. The second-order valence-corrected chi connectivity index (χ2v) is 4.11. The summed E-state index contributed by atoms with van der Waals surface area (Å²) in [5.41, 5.74) is 7.07. The van der Waals surface area contributed by atoms with E-state index in [0.29, 0.717) is 0 Å². The van der Waals surface area contributed by atoms with Gasteiger partial charge in [-0.1, -0.05) is 60.1 Å². The SMILES string of the molecule is NC[C@H](Cl)Oc1ccccc1-c1ccccc1. The van der Waals surface area contributed by atoms with E-state index in [1.807, 2.05) is 54.6 Å². The summed E-state index contributed by atoms with van der Waals surface area (Å²) in [6.07, 6.45) is 0. The molecule has 2 nitrogen and oxygen atoms in total. The van der Waals surface area contributed by atoms with Crippen LogP contribution in [0.2, 0.25) is 0 Å². The topological polar surface area (TPSA) is 35.2 Å². The summed E-state index contributed by atoms with van der Waals surface area (Å²) in [6.45, 7) is 0.282. The zero-order valence-electron chi connectivity index (χ0n) is 9.34. The molecule has 2 aromatic carbocycles. The van der Waals surface area contributed by atoms with Crippen LogP contribution in [0.5, 0.6) is 5.75 Å². The number of halogens is 1. The standard InChI is InChI=1S/C14H14ClNO/c15-14(10-16)17-13-9-5-4-8-12(13)11-6-2-1-3-7-11/h1-9,14H,10,16H2/t14-/m1/s1. The number of rotatable bonds is 4. The molecule has 2 aromatic rings. The Morgan fingerprint density at radius 2 is 1.65 bits per heavy atom. The summed E-state index contributed by atoms with van der Waals surface area (Å²) in [5.74, 6) is 0.754. The summed E-state index contributed by atoms with van der Waals surface area (Å²) in [6, 6.07) is 17.8. The van der Waals surface area contributed by atoms with Crippen LogP contribution in [0.25, 0.3) is 11.1 Å². The van der Waals surface area contributed by atoms with Crippen LogP contribution in [0.1, 0.15) is 0 Å². The Hall–Kier alpha value is -1.51. The van der Waals surface area contributed by atoms with Gasteiger partial charge in [0.15, 0.2) is 5.56 Å². The van der Waals surface area contributed by atoms with Gasteiger partial charge < -0.3 is 10.5 Å². The van der Waals surface area contributed by atoms with Crippen molar-refractivity contribution < 1.29 is 4.74 Å². The maximum Gasteiger partial charge on any atom is 0.184 e. The molecule has 0 aliphatic carbocycles. The number of para-hydroxylation sites is 1. The Balaban J connectivity index is 2.34. The zero-order chi connectivity index (χ0) is 12.1. The molecule has 0 aromatic heterocycles. The Morgan fingerprint density at radius 3 is 2.35 bits per heavy atom. The number of nitrogens with two attached hydrogens (primary N) is 1. The minimum Gasteiger partial charge on any atom is -0.473 e. The molecule has 0 heterocycles. The van der Waals surface area contributed by atoms with Crippen molar-refractivity contribution in [3.05, 3.63) is 54.6 Å². The van der Waals surface area contributed by atoms with Crippen LogP contribution in [-0.4, -0.2) is 12.1 Å². The molecule has 0 unspecified atom stereocenters. The van der Waals surface area contributed by atoms with E-state index in [4.69, 9.17) is 22.1 Å². The Bertz CT molecular complexity index is 473. The minimum absolute atomic E-state index is 0.282. The van der Waals surface area contributed by atoms with Gasteiger partial charge >= 0.3 is 0 Å². The molecule has 0 spiro atoms. The second kappa shape index (κ2) is 5.71. The van der Waals surface area contributed by atoms with Gasteiger partial charge in [0.1, 0.15) is 5.75 Å². The highest BCUT2D eigenvalue weighted by molar-refractivity contribution is 6.20. The average Bonchev–Trinajstić information content (AvgIpc) is 2.40. The molecule has 1 atom stereocenters. The van der Waals surface area contributed by atoms with Crippen LogP contribution in [0.4, 0.5) is 0 Å². The van der Waals surface area contributed by atoms with Gasteiger partial charge in [0.05, 0.1) is 0 Å². The van der Waals surface area contributed by atoms with Gasteiger partial charge in [-0.2, -0.15) is 0 Å². The smallest absolute Gasteiger partial charge is 0.184 e. The van der Waals surface area contributed by atoms with E-state index in [9.17, 15) is 0 Å². The van der Waals surface area contributed by atoms with E-state index >= 15 is 0 Å². The van der Waals surface area contributed by atoms with Gasteiger partial charge in [0.25, 0.3) is 0 Å². The van der Waals surface area contributed by atoms with E-state index in [-0.39, 0.29) is 6.54 Å². The molecule has 17 heavy (non-hydrogen) atoms. The monoisotopic (exact) mass is 247 g/mol. The van der Waals surface area contributed by atoms with Crippen LogP contribution in [0.15, 0.2) is 54.6 Å². The number of alkyl halides is 1. The maximum absolute atomic E-state index is 5.91. The van der Waals surface area contributed by atoms with Crippen LogP contribution in [-0.2, 0) is 0 Å². The van der Waals surface area contributed by atoms with Crippen LogP contribution >= 0.6 is 11.6 Å². The van der Waals surface area contributed by atoms with E-state index in [0.717, 1.165) is 16.9 Å². The molecule has 0 bridgehead atoms. The fraction of sp³-hybridized carbons (Fsp3) is 0.143. The molecule has 0 saturated heterocycles. The zero-order valence-corrected chi connectivity index (χ0v) is 10.1. The van der Waals surface area contributed by atoms with E-state index in [1.54, 1.807) is 0 Å². The van der Waals surface area contributed by atoms with Gasteiger partial charge in [-0.25, -0.2) is 0 Å². The number of benzene rings is 2. The average molecular weight is 248 g/mol. The lowest BCUT2D eigenvalue weighted by Crippen LogP contribution is -2.20. The first-order valence-corrected chi connectivity index (χ1v) is 5.90. The third kappa shape index (κ3) is 2.99. The van der Waals surface area contributed by atoms with Crippen molar-refractivity contribution in [1.29, 1.82) is 0 Å². The Morgan fingerprint density at radius 1 is 1.00 bits per heavy atom. The lowest BCUT2D eigenvalue weighted by Gasteiger charge is -2.14. The van der Waals surface area contributed by atoms with Crippen LogP contribution < -0.4 is 10.5 Å². The predicted octanol–water partition coefficient (Wildman–Crippen LogP) is 3.26. The van der Waals surface area contributed by atoms with Crippen LogP contribution in [0.3, 0.4) is 0 Å². The van der Waals surface area contributed by atoms with Gasteiger partial charge in [-0.15, -0.1) is 0 Å². The molecule has 0 radical (unpaired) electrons. The molecule has 0 aliphatic heterocycles. The highest BCUT2D eigenvalue weighted by Crippen LogP contribution is 2.30. The number of hydrogen-bond donors (Lipinski definition) is 1. The molecule has 2 N–H and O–H groups in total. The molecule has 0 amide bonds. The molecule has 2 rings (SSSR count). The first kappa shape index (κ1) is 12.0. The van der Waals surface area contributed by atoms with Crippen molar-refractivity contribution in [1.82, 2.24) is 0 Å². The molecule has 88 valence electrons. The molecule has 3 heteroatoms. The Labute approximate surface area is 106 Å².